The zero-order valence-corrected chi connectivity index (χ0v) is 31.3. The highest BCUT2D eigenvalue weighted by Gasteiger charge is 2.50. The molecule has 8 heteroatoms. The van der Waals surface area contributed by atoms with Crippen LogP contribution < -0.4 is 20.5 Å². The average molecular weight is 698 g/mol. The van der Waals surface area contributed by atoms with Gasteiger partial charge in [-0.25, -0.2) is 0 Å². The Balaban J connectivity index is 0.000000215. The number of fused-ring (bicyclic) bond motifs is 1. The van der Waals surface area contributed by atoms with Gasteiger partial charge in [-0.2, -0.15) is 0 Å². The number of nitrogens with one attached hydrogen (secondary N) is 1. The number of nitrogens with zero attached hydrogens (tertiary/aromatic N) is 1. The van der Waals surface area contributed by atoms with E-state index in [9.17, 15) is 9.59 Å². The third kappa shape index (κ3) is 10.3. The minimum atomic E-state index is -0.526. The van der Waals surface area contributed by atoms with Crippen molar-refractivity contribution in [2.24, 2.45) is 17.6 Å². The van der Waals surface area contributed by atoms with Gasteiger partial charge in [0.05, 0.1) is 13.5 Å². The summed E-state index contributed by atoms with van der Waals surface area (Å²) in [5, 5.41) is 3.36. The summed E-state index contributed by atoms with van der Waals surface area (Å²) in [5.74, 6) is 2.58. The van der Waals surface area contributed by atoms with E-state index in [4.69, 9.17) is 19.9 Å². The molecule has 3 aromatic rings. The van der Waals surface area contributed by atoms with Gasteiger partial charge in [0.25, 0.3) is 0 Å². The van der Waals surface area contributed by atoms with E-state index in [0.29, 0.717) is 12.0 Å². The van der Waals surface area contributed by atoms with Gasteiger partial charge in [0.1, 0.15) is 24.2 Å². The SMILES string of the molecule is CNc1ccc2c(c1)[C@@]13CCCC[C@@H](C2)[C@H]1CCCC3.COc1cccc(CCc2ccccc2OC[C@H](CN(C)C)OC(=O)CCC(N)=O)c1. The molecule has 0 saturated heterocycles. The Kier molecular flexibility index (Phi) is 13.8. The number of hydrogen-bond acceptors (Lipinski definition) is 7. The van der Waals surface area contributed by atoms with Crippen molar-refractivity contribution in [1.82, 2.24) is 4.90 Å². The minimum absolute atomic E-state index is 0.0263. The maximum absolute atomic E-state index is 12.0. The lowest BCUT2D eigenvalue weighted by Crippen LogP contribution is -2.45. The maximum Gasteiger partial charge on any atom is 0.306 e. The first-order chi connectivity index (χ1) is 24.7. The molecule has 2 fully saturated rings. The van der Waals surface area contributed by atoms with Crippen LogP contribution in [0.2, 0.25) is 0 Å². The number of anilines is 1. The van der Waals surface area contributed by atoms with Crippen LogP contribution in [0, 0.1) is 11.8 Å². The summed E-state index contributed by atoms with van der Waals surface area (Å²) in [6.07, 6.45) is 14.2. The van der Waals surface area contributed by atoms with Gasteiger partial charge in [-0.1, -0.05) is 62.1 Å². The molecule has 2 bridgehead atoms. The highest BCUT2D eigenvalue weighted by Crippen LogP contribution is 2.57. The van der Waals surface area contributed by atoms with E-state index in [-0.39, 0.29) is 19.4 Å². The summed E-state index contributed by atoms with van der Waals surface area (Å²) in [6.45, 7) is 0.727. The number of nitrogens with two attached hydrogens (primary N) is 1. The molecule has 3 aliphatic carbocycles. The molecule has 3 aromatic carbocycles. The maximum atomic E-state index is 12.0. The number of carbonyl (C=O) groups excluding carboxylic acids is 2. The quantitative estimate of drug-likeness (QED) is 0.168. The standard InChI is InChI=1S/C24H32N2O5.C19H27N/c1-26(2)16-21(31-24(28)14-13-23(25)27)17-30-22-10-5-4-8-19(22)12-11-18-7-6-9-20(15-18)29-3;1-20-16-9-8-15-12-14-6-2-4-10-19(18(15)13-16)11-5-3-7-17(14)19/h4-10,15,21H,11-14,16-17H2,1-3H3,(H2,25,27);8-9,13-14,17,20H,2-7,10-12H2,1H3/t21-;14-,17+,19+/m00/s1. The summed E-state index contributed by atoms with van der Waals surface area (Å²) < 4.78 is 16.8. The summed E-state index contributed by atoms with van der Waals surface area (Å²) in [4.78, 5) is 24.8. The number of rotatable bonds is 14. The number of amides is 1. The van der Waals surface area contributed by atoms with Gasteiger partial charge in [-0.3, -0.25) is 9.59 Å². The van der Waals surface area contributed by atoms with Crippen molar-refractivity contribution in [3.05, 3.63) is 89.0 Å². The normalized spacial score (nSPS) is 21.1. The van der Waals surface area contributed by atoms with Crippen molar-refractivity contribution < 1.29 is 23.8 Å². The van der Waals surface area contributed by atoms with E-state index in [1.807, 2.05) is 61.5 Å². The van der Waals surface area contributed by atoms with Crippen molar-refractivity contribution in [3.8, 4) is 11.5 Å². The molecule has 0 unspecified atom stereocenters. The fraction of sp³-hybridized carbons (Fsp3) is 0.535. The lowest BCUT2D eigenvalue weighted by molar-refractivity contribution is -0.152. The first-order valence-electron chi connectivity index (χ1n) is 19.0. The molecule has 1 amide bonds. The number of aryl methyl sites for hydroxylation is 2. The second-order valence-electron chi connectivity index (χ2n) is 15.0. The van der Waals surface area contributed by atoms with Gasteiger partial charge in [0, 0.05) is 25.7 Å². The van der Waals surface area contributed by atoms with Crippen LogP contribution in [0.15, 0.2) is 66.7 Å². The predicted molar refractivity (Wildman–Crippen MR) is 204 cm³/mol. The van der Waals surface area contributed by atoms with Gasteiger partial charge in [-0.05, 0) is 129 Å². The molecule has 6 rings (SSSR count). The Morgan fingerprint density at radius 1 is 0.941 bits per heavy atom. The molecule has 0 aromatic heterocycles. The third-order valence-electron chi connectivity index (χ3n) is 11.2. The van der Waals surface area contributed by atoms with Crippen molar-refractivity contribution in [1.29, 1.82) is 0 Å². The molecule has 51 heavy (non-hydrogen) atoms. The highest BCUT2D eigenvalue weighted by molar-refractivity contribution is 5.80. The van der Waals surface area contributed by atoms with Crippen molar-refractivity contribution in [3.63, 3.8) is 0 Å². The van der Waals surface area contributed by atoms with Crippen LogP contribution in [0.4, 0.5) is 5.69 Å². The van der Waals surface area contributed by atoms with E-state index in [1.165, 1.54) is 69.0 Å². The molecule has 2 saturated carbocycles. The summed E-state index contributed by atoms with van der Waals surface area (Å²) >= 11 is 0. The van der Waals surface area contributed by atoms with Crippen LogP contribution >= 0.6 is 0 Å². The molecule has 3 aliphatic rings. The number of methoxy groups -OCH3 is 1. The lowest BCUT2D eigenvalue weighted by Gasteiger charge is -2.51. The second-order valence-corrected chi connectivity index (χ2v) is 15.0. The van der Waals surface area contributed by atoms with Gasteiger partial charge < -0.3 is 30.2 Å². The van der Waals surface area contributed by atoms with Crippen LogP contribution in [0.3, 0.4) is 0 Å². The van der Waals surface area contributed by atoms with E-state index in [1.54, 1.807) is 18.2 Å². The van der Waals surface area contributed by atoms with Crippen LogP contribution in [0.25, 0.3) is 0 Å². The fourth-order valence-electron chi connectivity index (χ4n) is 8.82. The first-order valence-corrected chi connectivity index (χ1v) is 19.0. The third-order valence-corrected chi connectivity index (χ3v) is 11.2. The van der Waals surface area contributed by atoms with Gasteiger partial charge >= 0.3 is 5.97 Å². The summed E-state index contributed by atoms with van der Waals surface area (Å²) in [7, 11) is 7.50. The molecule has 0 heterocycles. The average Bonchev–Trinajstić information content (AvgIpc) is 3.28. The van der Waals surface area contributed by atoms with E-state index < -0.39 is 18.0 Å². The topological polar surface area (TPSA) is 103 Å². The highest BCUT2D eigenvalue weighted by atomic mass is 16.6. The first kappa shape index (κ1) is 38.2. The van der Waals surface area contributed by atoms with Crippen LogP contribution in [0.1, 0.15) is 86.5 Å². The monoisotopic (exact) mass is 697 g/mol. The second kappa shape index (κ2) is 18.5. The molecule has 3 N–H and O–H groups in total. The predicted octanol–water partition coefficient (Wildman–Crippen LogP) is 7.50. The van der Waals surface area contributed by atoms with Crippen molar-refractivity contribution in [2.45, 2.75) is 95.0 Å². The molecule has 8 nitrogen and oxygen atoms in total. The number of hydrogen-bond donors (Lipinski definition) is 2. The summed E-state index contributed by atoms with van der Waals surface area (Å²) in [6, 6.07) is 23.1. The Labute approximate surface area is 305 Å². The zero-order valence-electron chi connectivity index (χ0n) is 31.3. The molecule has 0 radical (unpaired) electrons. The number of ether oxygens (including phenoxy) is 3. The van der Waals surface area contributed by atoms with E-state index in [0.717, 1.165) is 41.7 Å². The van der Waals surface area contributed by atoms with Gasteiger partial charge in [-0.15, -0.1) is 0 Å². The van der Waals surface area contributed by atoms with Gasteiger partial charge in [0.2, 0.25) is 5.91 Å². The molecule has 0 spiro atoms. The molecule has 0 aliphatic heterocycles. The minimum Gasteiger partial charge on any atom is -0.497 e. The Morgan fingerprint density at radius 3 is 2.47 bits per heavy atom. The lowest BCUT2D eigenvalue weighted by atomic mass is 9.53. The number of carbonyl (C=O) groups is 2. The van der Waals surface area contributed by atoms with Crippen LogP contribution in [-0.4, -0.2) is 64.3 Å². The van der Waals surface area contributed by atoms with E-state index >= 15 is 0 Å². The Morgan fingerprint density at radius 2 is 1.73 bits per heavy atom. The largest absolute Gasteiger partial charge is 0.497 e. The molecule has 4 atom stereocenters. The summed E-state index contributed by atoms with van der Waals surface area (Å²) in [5.41, 5.74) is 12.6. The van der Waals surface area contributed by atoms with Gasteiger partial charge in [0.15, 0.2) is 0 Å². The molecule has 276 valence electrons. The van der Waals surface area contributed by atoms with Crippen molar-refractivity contribution >= 4 is 17.6 Å². The smallest absolute Gasteiger partial charge is 0.306 e. The van der Waals surface area contributed by atoms with Crippen LogP contribution in [-0.2, 0) is 39.0 Å². The number of primary amides is 1. The molecular weight excluding hydrogens is 638 g/mol. The van der Waals surface area contributed by atoms with Crippen molar-refractivity contribution in [2.75, 3.05) is 46.7 Å². The Bertz CT molecular complexity index is 1590. The fourth-order valence-corrected chi connectivity index (χ4v) is 8.82. The number of likely N-dealkylation sites (N-methyl/N-ethyl adjacent to an activating group) is 1. The van der Waals surface area contributed by atoms with Crippen LogP contribution in [0.5, 0.6) is 11.5 Å². The number of para-hydroxylation sites is 1. The number of benzene rings is 3. The zero-order chi connectivity index (χ0) is 36.2. The molecular formula is C43H59N3O5. The Hall–Kier alpha value is -4.04. The number of esters is 1. The van der Waals surface area contributed by atoms with E-state index in [2.05, 4.69) is 36.6 Å².